The van der Waals surface area contributed by atoms with Gasteiger partial charge in [-0.3, -0.25) is 0 Å². The van der Waals surface area contributed by atoms with Gasteiger partial charge in [0, 0.05) is 12.5 Å². The molecule has 5 heteroatoms. The number of carbonyl (C=O) groups is 1. The van der Waals surface area contributed by atoms with Crippen LogP contribution in [0.5, 0.6) is 0 Å². The number of benzene rings is 1. The van der Waals surface area contributed by atoms with Crippen molar-refractivity contribution in [2.45, 2.75) is 37.7 Å². The van der Waals surface area contributed by atoms with Gasteiger partial charge in [-0.05, 0) is 18.9 Å². The third-order valence-corrected chi connectivity index (χ3v) is 4.63. The molecular weight excluding hydrogens is 280 g/mol. The molecule has 0 radical (unpaired) electrons. The van der Waals surface area contributed by atoms with Crippen LogP contribution >= 0.6 is 0 Å². The number of nitrogens with two attached hydrogens (primary N) is 1. The summed E-state index contributed by atoms with van der Waals surface area (Å²) < 4.78 is 5.78. The molecule has 1 aromatic carbocycles. The van der Waals surface area contributed by atoms with Crippen molar-refractivity contribution in [2.24, 2.45) is 0 Å². The molecule has 0 amide bonds. The van der Waals surface area contributed by atoms with E-state index in [1.54, 1.807) is 13.2 Å². The molecule has 22 heavy (non-hydrogen) atoms. The average molecular weight is 300 g/mol. The van der Waals surface area contributed by atoms with E-state index in [-0.39, 0.29) is 11.3 Å². The van der Waals surface area contributed by atoms with Crippen LogP contribution in [0.4, 0.5) is 5.69 Å². The van der Waals surface area contributed by atoms with Gasteiger partial charge in [-0.25, -0.2) is 9.78 Å². The topological polar surface area (TPSA) is 85.4 Å². The van der Waals surface area contributed by atoms with Gasteiger partial charge in [0.2, 0.25) is 0 Å². The molecule has 116 valence electrons. The number of aromatic nitrogens is 1. The second-order valence-corrected chi connectivity index (χ2v) is 5.83. The smallest absolute Gasteiger partial charge is 0.339 e. The van der Waals surface area contributed by atoms with Gasteiger partial charge in [0.25, 0.3) is 0 Å². The Labute approximate surface area is 129 Å². The molecule has 1 heterocycles. The van der Waals surface area contributed by atoms with Crippen LogP contribution in [0.1, 0.15) is 48.2 Å². The number of nitrogens with zero attached hydrogens (tertiary/aromatic N) is 1. The first-order chi connectivity index (χ1) is 10.6. The third kappa shape index (κ3) is 2.22. The van der Waals surface area contributed by atoms with Crippen molar-refractivity contribution in [3.63, 3.8) is 0 Å². The minimum Gasteiger partial charge on any atom is -0.478 e. The maximum atomic E-state index is 11.8. The number of hydrogen-bond donors (Lipinski definition) is 2. The number of para-hydroxylation sites is 1. The molecule has 0 saturated heterocycles. The Bertz CT molecular complexity index is 721. The summed E-state index contributed by atoms with van der Waals surface area (Å²) >= 11 is 0. The van der Waals surface area contributed by atoms with E-state index in [1.165, 1.54) is 0 Å². The fourth-order valence-corrected chi connectivity index (χ4v) is 3.44. The summed E-state index contributed by atoms with van der Waals surface area (Å²) in [4.78, 5) is 16.4. The molecule has 3 N–H and O–H groups in total. The molecule has 1 aliphatic rings. The zero-order valence-electron chi connectivity index (χ0n) is 12.6. The van der Waals surface area contributed by atoms with Crippen molar-refractivity contribution < 1.29 is 14.6 Å². The van der Waals surface area contributed by atoms with Crippen LogP contribution in [0.3, 0.4) is 0 Å². The quantitative estimate of drug-likeness (QED) is 0.908. The van der Waals surface area contributed by atoms with E-state index in [1.807, 2.05) is 18.2 Å². The Balaban J connectivity index is 2.31. The van der Waals surface area contributed by atoms with Crippen LogP contribution in [0, 0.1) is 0 Å². The Kier molecular flexibility index (Phi) is 3.74. The molecule has 0 bridgehead atoms. The van der Waals surface area contributed by atoms with E-state index < -0.39 is 11.6 Å². The lowest BCUT2D eigenvalue weighted by molar-refractivity contribution is -0.0483. The molecule has 0 unspecified atom stereocenters. The number of aromatic carboxylic acids is 1. The highest BCUT2D eigenvalue weighted by Gasteiger charge is 2.39. The lowest BCUT2D eigenvalue weighted by atomic mass is 9.79. The molecule has 0 atom stereocenters. The minimum absolute atomic E-state index is 0.0856. The predicted octanol–water partition coefficient (Wildman–Crippen LogP) is 3.32. The van der Waals surface area contributed by atoms with Crippen LogP contribution in [-0.4, -0.2) is 23.2 Å². The second kappa shape index (κ2) is 5.57. The molecule has 1 saturated carbocycles. The van der Waals surface area contributed by atoms with Crippen LogP contribution < -0.4 is 5.73 Å². The zero-order chi connectivity index (χ0) is 15.7. The highest BCUT2D eigenvalue weighted by Crippen LogP contribution is 2.43. The third-order valence-electron chi connectivity index (χ3n) is 4.63. The molecular formula is C17H20N2O3. The van der Waals surface area contributed by atoms with Crippen molar-refractivity contribution in [1.29, 1.82) is 0 Å². The van der Waals surface area contributed by atoms with Crippen LogP contribution in [0.2, 0.25) is 0 Å². The number of methoxy groups -OCH3 is 1. The van der Waals surface area contributed by atoms with Gasteiger partial charge < -0.3 is 15.6 Å². The summed E-state index contributed by atoms with van der Waals surface area (Å²) in [7, 11) is 1.63. The highest BCUT2D eigenvalue weighted by atomic mass is 16.5. The van der Waals surface area contributed by atoms with Gasteiger partial charge in [-0.1, -0.05) is 37.5 Å². The Morgan fingerprint density at radius 3 is 2.59 bits per heavy atom. The van der Waals surface area contributed by atoms with E-state index >= 15 is 0 Å². The number of anilines is 1. The predicted molar refractivity (Wildman–Crippen MR) is 84.9 cm³/mol. The minimum atomic E-state index is -1.05. The number of fused-ring (bicyclic) bond motifs is 1. The molecule has 0 spiro atoms. The number of nitrogen functional groups attached to an aromatic ring is 1. The molecule has 1 fully saturated rings. The van der Waals surface area contributed by atoms with Crippen molar-refractivity contribution in [3.05, 3.63) is 35.5 Å². The number of pyridine rings is 1. The zero-order valence-corrected chi connectivity index (χ0v) is 12.6. The summed E-state index contributed by atoms with van der Waals surface area (Å²) in [6.07, 6.45) is 4.68. The van der Waals surface area contributed by atoms with Crippen LogP contribution in [0.25, 0.3) is 10.9 Å². The normalized spacial score (nSPS) is 17.5. The average Bonchev–Trinajstić information content (AvgIpc) is 2.55. The van der Waals surface area contributed by atoms with Gasteiger partial charge >= 0.3 is 5.97 Å². The van der Waals surface area contributed by atoms with Crippen LogP contribution in [-0.2, 0) is 10.3 Å². The lowest BCUT2D eigenvalue weighted by Gasteiger charge is -2.36. The van der Waals surface area contributed by atoms with Crippen molar-refractivity contribution in [3.8, 4) is 0 Å². The summed E-state index contributed by atoms with van der Waals surface area (Å²) in [6, 6.07) is 7.36. The fraction of sp³-hybridized carbons (Fsp3) is 0.412. The number of hydrogen-bond acceptors (Lipinski definition) is 4. The summed E-state index contributed by atoms with van der Waals surface area (Å²) in [5.74, 6) is -1.05. The molecule has 3 rings (SSSR count). The molecule has 1 aliphatic carbocycles. The van der Waals surface area contributed by atoms with Gasteiger partial charge in [-0.15, -0.1) is 0 Å². The first-order valence-corrected chi connectivity index (χ1v) is 7.56. The van der Waals surface area contributed by atoms with E-state index in [4.69, 9.17) is 10.5 Å². The number of carboxylic acid groups (broad SMARTS) is 1. The first kappa shape index (κ1) is 14.8. The molecule has 1 aromatic heterocycles. The van der Waals surface area contributed by atoms with Gasteiger partial charge in [0.15, 0.2) is 0 Å². The van der Waals surface area contributed by atoms with Crippen molar-refractivity contribution in [1.82, 2.24) is 4.98 Å². The van der Waals surface area contributed by atoms with Crippen LogP contribution in [0.15, 0.2) is 24.3 Å². The second-order valence-electron chi connectivity index (χ2n) is 5.83. The highest BCUT2D eigenvalue weighted by molar-refractivity contribution is 6.04. The van der Waals surface area contributed by atoms with Crippen molar-refractivity contribution in [2.75, 3.05) is 12.8 Å². The Morgan fingerprint density at radius 2 is 1.95 bits per heavy atom. The first-order valence-electron chi connectivity index (χ1n) is 7.56. The molecule has 5 nitrogen and oxygen atoms in total. The van der Waals surface area contributed by atoms with E-state index in [0.29, 0.717) is 16.6 Å². The number of rotatable bonds is 3. The van der Waals surface area contributed by atoms with Crippen molar-refractivity contribution >= 4 is 22.6 Å². The Morgan fingerprint density at radius 1 is 1.27 bits per heavy atom. The fourth-order valence-electron chi connectivity index (χ4n) is 3.44. The maximum Gasteiger partial charge on any atom is 0.339 e. The lowest BCUT2D eigenvalue weighted by Crippen LogP contribution is -2.34. The van der Waals surface area contributed by atoms with Gasteiger partial charge in [0.05, 0.1) is 16.9 Å². The Hall–Kier alpha value is -2.14. The maximum absolute atomic E-state index is 11.8. The standard InChI is InChI=1S/C17H20N2O3/c1-22-17(9-5-2-6-10-17)15-13(16(20)21)14(18)11-7-3-4-8-12(11)19-15/h3-4,7-8H,2,5-6,9-10H2,1H3,(H2,18,19)(H,20,21). The van der Waals surface area contributed by atoms with Gasteiger partial charge in [0.1, 0.15) is 11.2 Å². The number of carboxylic acids is 1. The summed E-state index contributed by atoms with van der Waals surface area (Å²) in [5, 5.41) is 10.3. The van der Waals surface area contributed by atoms with E-state index in [9.17, 15) is 9.90 Å². The van der Waals surface area contributed by atoms with Gasteiger partial charge in [-0.2, -0.15) is 0 Å². The summed E-state index contributed by atoms with van der Waals surface area (Å²) in [6.45, 7) is 0. The van der Waals surface area contributed by atoms with E-state index in [2.05, 4.69) is 4.98 Å². The largest absolute Gasteiger partial charge is 0.478 e. The summed E-state index contributed by atoms with van der Waals surface area (Å²) in [5.41, 5.74) is 7.06. The SMILES string of the molecule is COC1(c2nc3ccccc3c(N)c2C(=O)O)CCCCC1. The number of ether oxygens (including phenoxy) is 1. The molecule has 2 aromatic rings. The molecule has 0 aliphatic heterocycles. The monoisotopic (exact) mass is 300 g/mol. The van der Waals surface area contributed by atoms with E-state index in [0.717, 1.165) is 32.1 Å².